The molecule has 0 aliphatic carbocycles. The van der Waals surface area contributed by atoms with E-state index in [1.165, 1.54) is 16.8 Å². The van der Waals surface area contributed by atoms with E-state index in [0.29, 0.717) is 12.2 Å². The Balaban J connectivity index is 2.94. The quantitative estimate of drug-likeness (QED) is 0.796. The number of aryl methyl sites for hydroxylation is 1. The summed E-state index contributed by atoms with van der Waals surface area (Å²) in [6.45, 7) is 4.30. The molecular formula is C11H17N3O2. The van der Waals surface area contributed by atoms with Gasteiger partial charge in [0.25, 0.3) is 5.56 Å². The summed E-state index contributed by atoms with van der Waals surface area (Å²) in [7, 11) is 1.70. The van der Waals surface area contributed by atoms with Crippen molar-refractivity contribution in [2.45, 2.75) is 20.4 Å². The number of aromatic nitrogens is 1. The van der Waals surface area contributed by atoms with Crippen LogP contribution in [0.3, 0.4) is 0 Å². The van der Waals surface area contributed by atoms with Crippen LogP contribution in [0.1, 0.15) is 12.5 Å². The molecule has 0 aromatic carbocycles. The summed E-state index contributed by atoms with van der Waals surface area (Å²) in [5.74, 6) is -0.104. The summed E-state index contributed by atoms with van der Waals surface area (Å²) >= 11 is 0. The number of nitrogen functional groups attached to an aromatic ring is 1. The molecule has 0 saturated carbocycles. The van der Waals surface area contributed by atoms with Crippen molar-refractivity contribution in [3.63, 3.8) is 0 Å². The second-order valence-electron chi connectivity index (χ2n) is 3.79. The molecule has 88 valence electrons. The van der Waals surface area contributed by atoms with Gasteiger partial charge in [-0.2, -0.15) is 0 Å². The average molecular weight is 223 g/mol. The standard InChI is InChI=1S/C11H17N3O2/c1-4-13(3)11(16)7-14-6-9(12)8(2)5-10(14)15/h5-6H,4,7,12H2,1-3H3. The number of rotatable bonds is 3. The molecule has 0 spiro atoms. The van der Waals surface area contributed by atoms with Crippen LogP contribution >= 0.6 is 0 Å². The molecule has 0 aliphatic rings. The lowest BCUT2D eigenvalue weighted by atomic mass is 10.2. The molecule has 5 heteroatoms. The molecule has 0 unspecified atom stereocenters. The van der Waals surface area contributed by atoms with E-state index < -0.39 is 0 Å². The molecule has 0 saturated heterocycles. The van der Waals surface area contributed by atoms with Gasteiger partial charge in [-0.1, -0.05) is 0 Å². The normalized spacial score (nSPS) is 10.2. The minimum absolute atomic E-state index is 0.0354. The maximum atomic E-state index is 11.6. The third-order valence-electron chi connectivity index (χ3n) is 2.58. The zero-order valence-corrected chi connectivity index (χ0v) is 9.86. The second kappa shape index (κ2) is 4.83. The molecule has 0 aliphatic heterocycles. The van der Waals surface area contributed by atoms with E-state index in [-0.39, 0.29) is 18.0 Å². The smallest absolute Gasteiger partial charge is 0.251 e. The summed E-state index contributed by atoms with van der Waals surface area (Å²) in [5.41, 5.74) is 6.74. The highest BCUT2D eigenvalue weighted by Crippen LogP contribution is 2.05. The van der Waals surface area contributed by atoms with Crippen LogP contribution in [0.15, 0.2) is 17.1 Å². The zero-order chi connectivity index (χ0) is 12.3. The maximum Gasteiger partial charge on any atom is 0.251 e. The highest BCUT2D eigenvalue weighted by Gasteiger charge is 2.09. The minimum Gasteiger partial charge on any atom is -0.397 e. The zero-order valence-electron chi connectivity index (χ0n) is 9.86. The summed E-state index contributed by atoms with van der Waals surface area (Å²) in [4.78, 5) is 24.8. The Bertz CT molecular complexity index is 451. The van der Waals surface area contributed by atoms with Crippen molar-refractivity contribution >= 4 is 11.6 Å². The first kappa shape index (κ1) is 12.3. The number of anilines is 1. The van der Waals surface area contributed by atoms with E-state index in [2.05, 4.69) is 0 Å². The van der Waals surface area contributed by atoms with Gasteiger partial charge in [-0.05, 0) is 19.4 Å². The van der Waals surface area contributed by atoms with Crippen molar-refractivity contribution in [1.29, 1.82) is 0 Å². The lowest BCUT2D eigenvalue weighted by Crippen LogP contribution is -2.33. The predicted octanol–water partition coefficient (Wildman–Crippen LogP) is 0.217. The number of carbonyl (C=O) groups excluding carboxylic acids is 1. The monoisotopic (exact) mass is 223 g/mol. The Kier molecular flexibility index (Phi) is 3.71. The van der Waals surface area contributed by atoms with Crippen LogP contribution in [0.25, 0.3) is 0 Å². The third-order valence-corrected chi connectivity index (χ3v) is 2.58. The van der Waals surface area contributed by atoms with Crippen molar-refractivity contribution in [2.75, 3.05) is 19.3 Å². The molecule has 1 aromatic heterocycles. The van der Waals surface area contributed by atoms with Crippen LogP contribution in [-0.2, 0) is 11.3 Å². The van der Waals surface area contributed by atoms with Gasteiger partial charge in [0, 0.05) is 25.9 Å². The summed E-state index contributed by atoms with van der Waals surface area (Å²) in [6, 6.07) is 1.44. The number of nitrogens with two attached hydrogens (primary N) is 1. The lowest BCUT2D eigenvalue weighted by molar-refractivity contribution is -0.130. The molecule has 0 atom stereocenters. The molecular weight excluding hydrogens is 206 g/mol. The summed E-state index contributed by atoms with van der Waals surface area (Å²) in [5, 5.41) is 0. The summed E-state index contributed by atoms with van der Waals surface area (Å²) in [6.07, 6.45) is 1.51. The molecule has 0 bridgehead atoms. The van der Waals surface area contributed by atoms with Gasteiger partial charge >= 0.3 is 0 Å². The Morgan fingerprint density at radius 3 is 2.75 bits per heavy atom. The van der Waals surface area contributed by atoms with Gasteiger partial charge in [0.15, 0.2) is 0 Å². The molecule has 2 N–H and O–H groups in total. The van der Waals surface area contributed by atoms with Crippen LogP contribution in [0.5, 0.6) is 0 Å². The van der Waals surface area contributed by atoms with Gasteiger partial charge in [0.1, 0.15) is 6.54 Å². The highest BCUT2D eigenvalue weighted by atomic mass is 16.2. The number of hydrogen-bond acceptors (Lipinski definition) is 3. The van der Waals surface area contributed by atoms with Crippen LogP contribution in [0.2, 0.25) is 0 Å². The molecule has 16 heavy (non-hydrogen) atoms. The van der Waals surface area contributed by atoms with Crippen molar-refractivity contribution in [3.8, 4) is 0 Å². The Labute approximate surface area is 94.5 Å². The van der Waals surface area contributed by atoms with Crippen LogP contribution in [0, 0.1) is 6.92 Å². The fourth-order valence-corrected chi connectivity index (χ4v) is 1.25. The van der Waals surface area contributed by atoms with Crippen LogP contribution in [0.4, 0.5) is 5.69 Å². The fraction of sp³-hybridized carbons (Fsp3) is 0.455. The SMILES string of the molecule is CCN(C)C(=O)Cn1cc(N)c(C)cc1=O. The van der Waals surface area contributed by atoms with E-state index in [0.717, 1.165) is 5.56 Å². The molecule has 1 rings (SSSR count). The van der Waals surface area contributed by atoms with Crippen molar-refractivity contribution in [2.24, 2.45) is 0 Å². The number of nitrogens with zero attached hydrogens (tertiary/aromatic N) is 2. The molecule has 1 aromatic rings. The first-order valence-electron chi connectivity index (χ1n) is 5.16. The van der Waals surface area contributed by atoms with E-state index >= 15 is 0 Å². The maximum absolute atomic E-state index is 11.6. The molecule has 1 amide bonds. The Morgan fingerprint density at radius 1 is 1.56 bits per heavy atom. The van der Waals surface area contributed by atoms with E-state index in [9.17, 15) is 9.59 Å². The number of amides is 1. The largest absolute Gasteiger partial charge is 0.397 e. The molecule has 0 radical (unpaired) electrons. The Morgan fingerprint density at radius 2 is 2.19 bits per heavy atom. The Hall–Kier alpha value is -1.78. The lowest BCUT2D eigenvalue weighted by Gasteiger charge is -2.15. The van der Waals surface area contributed by atoms with Crippen molar-refractivity contribution < 1.29 is 4.79 Å². The van der Waals surface area contributed by atoms with Crippen molar-refractivity contribution in [1.82, 2.24) is 9.47 Å². The second-order valence-corrected chi connectivity index (χ2v) is 3.79. The van der Waals surface area contributed by atoms with E-state index in [4.69, 9.17) is 5.73 Å². The molecule has 5 nitrogen and oxygen atoms in total. The van der Waals surface area contributed by atoms with E-state index in [1.807, 2.05) is 6.92 Å². The van der Waals surface area contributed by atoms with Crippen LogP contribution < -0.4 is 11.3 Å². The van der Waals surface area contributed by atoms with Gasteiger partial charge in [0.05, 0.1) is 5.69 Å². The van der Waals surface area contributed by atoms with Gasteiger partial charge in [-0.3, -0.25) is 9.59 Å². The first-order valence-corrected chi connectivity index (χ1v) is 5.16. The van der Waals surface area contributed by atoms with Crippen LogP contribution in [-0.4, -0.2) is 29.0 Å². The number of likely N-dealkylation sites (N-methyl/N-ethyl adjacent to an activating group) is 1. The van der Waals surface area contributed by atoms with E-state index in [1.54, 1.807) is 18.9 Å². The van der Waals surface area contributed by atoms with Crippen molar-refractivity contribution in [3.05, 3.63) is 28.2 Å². The molecule has 1 heterocycles. The summed E-state index contributed by atoms with van der Waals surface area (Å²) < 4.78 is 1.33. The topological polar surface area (TPSA) is 68.3 Å². The number of pyridine rings is 1. The fourth-order valence-electron chi connectivity index (χ4n) is 1.25. The average Bonchev–Trinajstić information content (AvgIpc) is 2.24. The van der Waals surface area contributed by atoms with Gasteiger partial charge in [-0.15, -0.1) is 0 Å². The van der Waals surface area contributed by atoms with Gasteiger partial charge < -0.3 is 15.2 Å². The number of carbonyl (C=O) groups is 1. The predicted molar refractivity (Wildman–Crippen MR) is 63.2 cm³/mol. The van der Waals surface area contributed by atoms with Gasteiger partial charge in [-0.25, -0.2) is 0 Å². The molecule has 0 fully saturated rings. The van der Waals surface area contributed by atoms with Gasteiger partial charge in [0.2, 0.25) is 5.91 Å². The number of hydrogen-bond donors (Lipinski definition) is 1. The third kappa shape index (κ3) is 2.62. The minimum atomic E-state index is -0.204. The first-order chi connectivity index (χ1) is 7.45. The highest BCUT2D eigenvalue weighted by molar-refractivity contribution is 5.75.